The average Bonchev–Trinajstić information content (AvgIpc) is 2.47. The molecule has 0 heterocycles. The summed E-state index contributed by atoms with van der Waals surface area (Å²) in [5.74, 6) is 1.40. The van der Waals surface area contributed by atoms with Crippen LogP contribution in [0.5, 0.6) is 5.75 Å². The molecule has 0 bridgehead atoms. The minimum absolute atomic E-state index is 0.229. The maximum absolute atomic E-state index is 13.3. The first kappa shape index (κ1) is 13.9. The van der Waals surface area contributed by atoms with Crippen molar-refractivity contribution in [2.24, 2.45) is 5.73 Å². The van der Waals surface area contributed by atoms with Crippen molar-refractivity contribution in [3.05, 3.63) is 59.4 Å². The molecule has 0 unspecified atom stereocenters. The Kier molecular flexibility index (Phi) is 4.82. The van der Waals surface area contributed by atoms with E-state index in [1.807, 2.05) is 30.3 Å². The summed E-state index contributed by atoms with van der Waals surface area (Å²) in [6, 6.07) is 13.0. The molecule has 100 valence electrons. The Balaban J connectivity index is 2.01. The zero-order valence-corrected chi connectivity index (χ0v) is 11.5. The van der Waals surface area contributed by atoms with Crippen LogP contribution in [0.25, 0.3) is 0 Å². The Labute approximate surface area is 116 Å². The molecular weight excluding hydrogens is 261 g/mol. The molecule has 0 amide bonds. The normalized spacial score (nSPS) is 10.5. The van der Waals surface area contributed by atoms with Gasteiger partial charge in [-0.15, -0.1) is 11.8 Å². The summed E-state index contributed by atoms with van der Waals surface area (Å²) >= 11 is 1.70. The van der Waals surface area contributed by atoms with Gasteiger partial charge in [-0.1, -0.05) is 12.1 Å². The smallest absolute Gasteiger partial charge is 0.127 e. The largest absolute Gasteiger partial charge is 0.497 e. The van der Waals surface area contributed by atoms with Crippen LogP contribution in [0.2, 0.25) is 0 Å². The summed E-state index contributed by atoms with van der Waals surface area (Å²) in [6.45, 7) is 0.229. The van der Waals surface area contributed by atoms with Gasteiger partial charge in [0.15, 0.2) is 0 Å². The van der Waals surface area contributed by atoms with Crippen molar-refractivity contribution in [1.29, 1.82) is 0 Å². The number of rotatable bonds is 5. The van der Waals surface area contributed by atoms with E-state index in [4.69, 9.17) is 10.5 Å². The molecule has 0 fully saturated rings. The standard InChI is InChI=1S/C15H16FNOS/c1-18-13-3-5-14(6-4-13)19-10-11-2-7-15(16)12(8-11)9-17/h2-8H,9-10,17H2,1H3. The second kappa shape index (κ2) is 6.59. The molecule has 2 rings (SSSR count). The first-order valence-corrected chi connectivity index (χ1v) is 6.95. The molecule has 19 heavy (non-hydrogen) atoms. The lowest BCUT2D eigenvalue weighted by Gasteiger charge is -2.06. The number of thioether (sulfide) groups is 1. The molecule has 2 N–H and O–H groups in total. The summed E-state index contributed by atoms with van der Waals surface area (Å²) in [5.41, 5.74) is 7.13. The average molecular weight is 277 g/mol. The predicted molar refractivity (Wildman–Crippen MR) is 76.8 cm³/mol. The molecule has 2 aromatic rings. The molecule has 0 aliphatic carbocycles. The van der Waals surface area contributed by atoms with Gasteiger partial charge in [0.25, 0.3) is 0 Å². The van der Waals surface area contributed by atoms with Crippen molar-refractivity contribution < 1.29 is 9.13 Å². The minimum atomic E-state index is -0.235. The molecule has 4 heteroatoms. The van der Waals surface area contributed by atoms with Crippen molar-refractivity contribution in [2.75, 3.05) is 7.11 Å². The van der Waals surface area contributed by atoms with Crippen molar-refractivity contribution in [3.63, 3.8) is 0 Å². The van der Waals surface area contributed by atoms with Crippen LogP contribution in [-0.2, 0) is 12.3 Å². The molecule has 0 radical (unpaired) electrons. The summed E-state index contributed by atoms with van der Waals surface area (Å²) in [5, 5.41) is 0. The molecule has 0 spiro atoms. The van der Waals surface area contributed by atoms with Crippen molar-refractivity contribution in [1.82, 2.24) is 0 Å². The van der Waals surface area contributed by atoms with E-state index >= 15 is 0 Å². The Morgan fingerprint density at radius 2 is 1.89 bits per heavy atom. The van der Waals surface area contributed by atoms with E-state index in [1.54, 1.807) is 24.9 Å². The third kappa shape index (κ3) is 3.72. The van der Waals surface area contributed by atoms with Crippen LogP contribution in [0.3, 0.4) is 0 Å². The van der Waals surface area contributed by atoms with Gasteiger partial charge in [0.1, 0.15) is 11.6 Å². The van der Waals surface area contributed by atoms with Crippen molar-refractivity contribution >= 4 is 11.8 Å². The lowest BCUT2D eigenvalue weighted by molar-refractivity contribution is 0.414. The summed E-state index contributed by atoms with van der Waals surface area (Å²) in [6.07, 6.45) is 0. The highest BCUT2D eigenvalue weighted by atomic mass is 32.2. The fourth-order valence-corrected chi connectivity index (χ4v) is 2.55. The molecule has 0 aliphatic rings. The number of hydrogen-bond acceptors (Lipinski definition) is 3. The fraction of sp³-hybridized carbons (Fsp3) is 0.200. The lowest BCUT2D eigenvalue weighted by Crippen LogP contribution is -2.00. The van der Waals surface area contributed by atoms with Crippen LogP contribution in [0.15, 0.2) is 47.4 Å². The maximum Gasteiger partial charge on any atom is 0.127 e. The highest BCUT2D eigenvalue weighted by Crippen LogP contribution is 2.25. The van der Waals surface area contributed by atoms with Crippen LogP contribution in [0, 0.1) is 5.82 Å². The van der Waals surface area contributed by atoms with E-state index in [9.17, 15) is 4.39 Å². The van der Waals surface area contributed by atoms with Crippen molar-refractivity contribution in [2.45, 2.75) is 17.2 Å². The molecule has 0 atom stereocenters. The van der Waals surface area contributed by atoms with Gasteiger partial charge in [-0.25, -0.2) is 4.39 Å². The van der Waals surface area contributed by atoms with E-state index in [-0.39, 0.29) is 12.4 Å². The van der Waals surface area contributed by atoms with E-state index in [0.717, 1.165) is 22.0 Å². The van der Waals surface area contributed by atoms with Gasteiger partial charge in [-0.2, -0.15) is 0 Å². The Morgan fingerprint density at radius 1 is 1.16 bits per heavy atom. The monoisotopic (exact) mass is 277 g/mol. The van der Waals surface area contributed by atoms with Crippen LogP contribution in [0.1, 0.15) is 11.1 Å². The Hall–Kier alpha value is -1.52. The number of hydrogen-bond donors (Lipinski definition) is 1. The second-order valence-corrected chi connectivity index (χ2v) is 5.14. The second-order valence-electron chi connectivity index (χ2n) is 4.09. The predicted octanol–water partition coefficient (Wildman–Crippen LogP) is 3.59. The maximum atomic E-state index is 13.3. The van der Waals surface area contributed by atoms with Gasteiger partial charge < -0.3 is 10.5 Å². The zero-order chi connectivity index (χ0) is 13.7. The summed E-state index contributed by atoms with van der Waals surface area (Å²) in [7, 11) is 1.65. The quantitative estimate of drug-likeness (QED) is 0.848. The highest BCUT2D eigenvalue weighted by Gasteiger charge is 2.03. The highest BCUT2D eigenvalue weighted by molar-refractivity contribution is 7.98. The summed E-state index contributed by atoms with van der Waals surface area (Å²) in [4.78, 5) is 1.15. The third-order valence-corrected chi connectivity index (χ3v) is 3.88. The first-order valence-electron chi connectivity index (χ1n) is 5.97. The molecule has 0 aliphatic heterocycles. The molecule has 2 aromatic carbocycles. The Bertz CT molecular complexity index is 542. The van der Waals surface area contributed by atoms with Gasteiger partial charge in [0, 0.05) is 22.8 Å². The fourth-order valence-electron chi connectivity index (χ4n) is 1.71. The summed E-state index contributed by atoms with van der Waals surface area (Å²) < 4.78 is 18.4. The van der Waals surface area contributed by atoms with Gasteiger partial charge >= 0.3 is 0 Å². The van der Waals surface area contributed by atoms with E-state index in [2.05, 4.69) is 0 Å². The number of halogens is 1. The van der Waals surface area contributed by atoms with Crippen LogP contribution in [-0.4, -0.2) is 7.11 Å². The molecule has 0 saturated heterocycles. The number of ether oxygens (including phenoxy) is 1. The lowest BCUT2D eigenvalue weighted by atomic mass is 10.1. The van der Waals surface area contributed by atoms with Crippen LogP contribution in [0.4, 0.5) is 4.39 Å². The molecule has 0 saturated carbocycles. The van der Waals surface area contributed by atoms with Crippen LogP contribution >= 0.6 is 11.8 Å². The number of benzene rings is 2. The van der Waals surface area contributed by atoms with Crippen LogP contribution < -0.4 is 10.5 Å². The molecular formula is C15H16FNOS. The zero-order valence-electron chi connectivity index (χ0n) is 10.7. The Morgan fingerprint density at radius 3 is 2.53 bits per heavy atom. The minimum Gasteiger partial charge on any atom is -0.497 e. The van der Waals surface area contributed by atoms with Crippen molar-refractivity contribution in [3.8, 4) is 5.75 Å². The van der Waals surface area contributed by atoms with Gasteiger partial charge in [0.2, 0.25) is 0 Å². The van der Waals surface area contributed by atoms with Gasteiger partial charge in [-0.05, 0) is 35.9 Å². The molecule has 2 nitrogen and oxygen atoms in total. The van der Waals surface area contributed by atoms with Gasteiger partial charge in [0.05, 0.1) is 7.11 Å². The number of methoxy groups -OCH3 is 1. The SMILES string of the molecule is COc1ccc(SCc2ccc(F)c(CN)c2)cc1. The van der Waals surface area contributed by atoms with Gasteiger partial charge in [-0.3, -0.25) is 0 Å². The van der Waals surface area contributed by atoms with E-state index in [1.165, 1.54) is 6.07 Å². The number of nitrogens with two attached hydrogens (primary N) is 1. The van der Waals surface area contributed by atoms with E-state index in [0.29, 0.717) is 5.56 Å². The van der Waals surface area contributed by atoms with E-state index < -0.39 is 0 Å². The topological polar surface area (TPSA) is 35.2 Å². The first-order chi connectivity index (χ1) is 9.22. The molecule has 0 aromatic heterocycles. The third-order valence-electron chi connectivity index (χ3n) is 2.79.